The highest BCUT2D eigenvalue weighted by atomic mass is 32.2. The van der Waals surface area contributed by atoms with Gasteiger partial charge in [-0.15, -0.1) is 0 Å². The second kappa shape index (κ2) is 8.26. The number of anilines is 3. The summed E-state index contributed by atoms with van der Waals surface area (Å²) in [5, 5.41) is 3.56. The fourth-order valence-electron chi connectivity index (χ4n) is 5.39. The van der Waals surface area contributed by atoms with Crippen LogP contribution in [0.25, 0.3) is 0 Å². The molecule has 32 heavy (non-hydrogen) atoms. The molecule has 170 valence electrons. The minimum Gasteiger partial charge on any atom is -0.381 e. The van der Waals surface area contributed by atoms with E-state index in [-0.39, 0.29) is 11.9 Å². The number of benzene rings is 1. The molecule has 4 aliphatic heterocycles. The molecular formula is C23H28FN5O2S. The zero-order valence-electron chi connectivity index (χ0n) is 18.0. The summed E-state index contributed by atoms with van der Waals surface area (Å²) in [5.74, 6) is 2.51. The topological polar surface area (TPSA) is 70.6 Å². The average Bonchev–Trinajstić information content (AvgIpc) is 3.16. The van der Waals surface area contributed by atoms with Crippen LogP contribution < -0.4 is 15.1 Å². The Morgan fingerprint density at radius 3 is 2.88 bits per heavy atom. The molecule has 3 fully saturated rings. The van der Waals surface area contributed by atoms with E-state index in [9.17, 15) is 8.60 Å². The maximum atomic E-state index is 13.8. The van der Waals surface area contributed by atoms with Crippen LogP contribution in [-0.2, 0) is 22.0 Å². The first-order valence-electron chi connectivity index (χ1n) is 11.6. The molecule has 6 rings (SSSR count). The first kappa shape index (κ1) is 20.4. The average molecular weight is 458 g/mol. The van der Waals surface area contributed by atoms with Gasteiger partial charge in [0.15, 0.2) is 0 Å². The third-order valence-electron chi connectivity index (χ3n) is 7.21. The fraction of sp³-hybridized carbons (Fsp3) is 0.565. The van der Waals surface area contributed by atoms with Crippen LogP contribution >= 0.6 is 0 Å². The summed E-state index contributed by atoms with van der Waals surface area (Å²) in [6.07, 6.45) is 3.66. The van der Waals surface area contributed by atoms with Crippen molar-refractivity contribution in [1.29, 1.82) is 0 Å². The molecule has 5 heterocycles. The van der Waals surface area contributed by atoms with Gasteiger partial charge >= 0.3 is 0 Å². The molecule has 0 radical (unpaired) electrons. The molecule has 3 atom stereocenters. The largest absolute Gasteiger partial charge is 0.381 e. The zero-order chi connectivity index (χ0) is 21.7. The SMILES string of the molecule is O=S1CCc2nc(N3CCC4CN(c5cccc(F)c5)C4C3)nc(NC3CCOCC3)c21. The van der Waals surface area contributed by atoms with Crippen molar-refractivity contribution in [3.63, 3.8) is 0 Å². The van der Waals surface area contributed by atoms with Crippen molar-refractivity contribution >= 4 is 28.3 Å². The smallest absolute Gasteiger partial charge is 0.227 e. The first-order chi connectivity index (χ1) is 15.7. The molecule has 3 unspecified atom stereocenters. The summed E-state index contributed by atoms with van der Waals surface area (Å²) in [6, 6.07) is 7.49. The molecule has 7 nitrogen and oxygen atoms in total. The van der Waals surface area contributed by atoms with Gasteiger partial charge in [-0.25, -0.2) is 9.37 Å². The Hall–Kier alpha value is -2.26. The molecule has 3 saturated heterocycles. The summed E-state index contributed by atoms with van der Waals surface area (Å²) < 4.78 is 31.9. The Labute approximate surface area is 189 Å². The van der Waals surface area contributed by atoms with Crippen LogP contribution in [0.5, 0.6) is 0 Å². The van der Waals surface area contributed by atoms with Crippen molar-refractivity contribution in [3.05, 3.63) is 35.8 Å². The van der Waals surface area contributed by atoms with Gasteiger partial charge in [-0.3, -0.25) is 4.21 Å². The van der Waals surface area contributed by atoms with Gasteiger partial charge in [-0.1, -0.05) is 6.07 Å². The number of aromatic nitrogens is 2. The van der Waals surface area contributed by atoms with E-state index < -0.39 is 10.8 Å². The number of nitrogens with zero attached hydrogens (tertiary/aromatic N) is 4. The van der Waals surface area contributed by atoms with Gasteiger partial charge in [0.2, 0.25) is 5.95 Å². The zero-order valence-corrected chi connectivity index (χ0v) is 18.8. The maximum absolute atomic E-state index is 13.8. The quantitative estimate of drug-likeness (QED) is 0.757. The van der Waals surface area contributed by atoms with Crippen LogP contribution in [0.4, 0.5) is 21.8 Å². The lowest BCUT2D eigenvalue weighted by Gasteiger charge is -2.54. The van der Waals surface area contributed by atoms with Crippen LogP contribution in [0.3, 0.4) is 0 Å². The highest BCUT2D eigenvalue weighted by molar-refractivity contribution is 7.85. The summed E-state index contributed by atoms with van der Waals surface area (Å²) in [4.78, 5) is 15.1. The van der Waals surface area contributed by atoms with E-state index in [0.717, 1.165) is 86.6 Å². The number of piperidine rings is 1. The Kier molecular flexibility index (Phi) is 5.25. The van der Waals surface area contributed by atoms with Crippen molar-refractivity contribution in [3.8, 4) is 0 Å². The summed E-state index contributed by atoms with van der Waals surface area (Å²) in [5.41, 5.74) is 1.86. The molecule has 1 N–H and O–H groups in total. The van der Waals surface area contributed by atoms with E-state index in [1.165, 1.54) is 6.07 Å². The molecule has 2 aromatic rings. The Bertz CT molecular complexity index is 1050. The second-order valence-electron chi connectivity index (χ2n) is 9.17. The summed E-state index contributed by atoms with van der Waals surface area (Å²) in [7, 11) is -1.04. The van der Waals surface area contributed by atoms with Gasteiger partial charge in [-0.05, 0) is 37.5 Å². The minimum absolute atomic E-state index is 0.197. The van der Waals surface area contributed by atoms with Gasteiger partial charge in [-0.2, -0.15) is 4.98 Å². The predicted molar refractivity (Wildman–Crippen MR) is 122 cm³/mol. The van der Waals surface area contributed by atoms with Crippen molar-refractivity contribution < 1.29 is 13.3 Å². The number of ether oxygens (including phenoxy) is 1. The lowest BCUT2D eigenvalue weighted by atomic mass is 9.82. The van der Waals surface area contributed by atoms with Gasteiger partial charge in [0.25, 0.3) is 0 Å². The molecule has 4 aliphatic rings. The van der Waals surface area contributed by atoms with E-state index in [4.69, 9.17) is 14.7 Å². The monoisotopic (exact) mass is 457 g/mol. The van der Waals surface area contributed by atoms with E-state index in [1.807, 2.05) is 6.07 Å². The van der Waals surface area contributed by atoms with Gasteiger partial charge < -0.3 is 19.9 Å². The third-order valence-corrected chi connectivity index (χ3v) is 8.67. The van der Waals surface area contributed by atoms with Gasteiger partial charge in [0, 0.05) is 62.7 Å². The van der Waals surface area contributed by atoms with Crippen LogP contribution in [-0.4, -0.2) is 64.9 Å². The number of hydrogen-bond acceptors (Lipinski definition) is 7. The number of aryl methyl sites for hydroxylation is 1. The molecule has 0 aliphatic carbocycles. The van der Waals surface area contributed by atoms with E-state index in [1.54, 1.807) is 12.1 Å². The normalized spacial score (nSPS) is 27.6. The third kappa shape index (κ3) is 3.65. The minimum atomic E-state index is -1.04. The molecule has 1 aromatic carbocycles. The Morgan fingerprint density at radius 2 is 2.03 bits per heavy atom. The van der Waals surface area contributed by atoms with Crippen molar-refractivity contribution in [2.75, 3.05) is 53.7 Å². The molecule has 0 bridgehead atoms. The number of hydrogen-bond donors (Lipinski definition) is 1. The van der Waals surface area contributed by atoms with Gasteiger partial charge in [0.05, 0.1) is 22.5 Å². The number of nitrogens with one attached hydrogen (secondary N) is 1. The molecule has 9 heteroatoms. The summed E-state index contributed by atoms with van der Waals surface area (Å²) in [6.45, 7) is 4.19. The molecular weight excluding hydrogens is 429 g/mol. The second-order valence-corrected chi connectivity index (χ2v) is 10.7. The van der Waals surface area contributed by atoms with Crippen molar-refractivity contribution in [1.82, 2.24) is 9.97 Å². The van der Waals surface area contributed by atoms with Crippen LogP contribution in [0.1, 0.15) is 25.0 Å². The van der Waals surface area contributed by atoms with Crippen LogP contribution in [0, 0.1) is 11.7 Å². The highest BCUT2D eigenvalue weighted by Crippen LogP contribution is 2.38. The Morgan fingerprint density at radius 1 is 1.16 bits per heavy atom. The van der Waals surface area contributed by atoms with Crippen molar-refractivity contribution in [2.45, 2.75) is 42.7 Å². The Balaban J connectivity index is 1.25. The summed E-state index contributed by atoms with van der Waals surface area (Å²) >= 11 is 0. The lowest BCUT2D eigenvalue weighted by molar-refractivity contribution is 0.0903. The molecule has 0 amide bonds. The van der Waals surface area contributed by atoms with Crippen LogP contribution in [0.15, 0.2) is 29.2 Å². The molecule has 1 aromatic heterocycles. The van der Waals surface area contributed by atoms with E-state index >= 15 is 0 Å². The van der Waals surface area contributed by atoms with Crippen molar-refractivity contribution in [2.24, 2.45) is 5.92 Å². The number of rotatable bonds is 4. The number of fused-ring (bicyclic) bond motifs is 2. The first-order valence-corrected chi connectivity index (χ1v) is 12.9. The lowest BCUT2D eigenvalue weighted by Crippen LogP contribution is -2.64. The highest BCUT2D eigenvalue weighted by Gasteiger charge is 2.43. The molecule has 0 saturated carbocycles. The van der Waals surface area contributed by atoms with Crippen LogP contribution in [0.2, 0.25) is 0 Å². The number of halogens is 1. The van der Waals surface area contributed by atoms with E-state index in [2.05, 4.69) is 15.1 Å². The molecule has 0 spiro atoms. The van der Waals surface area contributed by atoms with Gasteiger partial charge in [0.1, 0.15) is 16.5 Å². The predicted octanol–water partition coefficient (Wildman–Crippen LogP) is 2.59. The van der Waals surface area contributed by atoms with E-state index in [0.29, 0.717) is 17.7 Å². The fourth-order valence-corrected chi connectivity index (χ4v) is 6.70. The maximum Gasteiger partial charge on any atom is 0.227 e. The standard InChI is InChI=1S/C23H28FN5O2S/c24-16-2-1-3-18(12-16)29-13-15-4-8-28(14-20(15)29)23-26-19-7-11-32(30)21(19)22(27-23)25-17-5-9-31-10-6-17/h1-3,12,15,17,20H,4-11,13-14H2,(H,25,26,27).